The summed E-state index contributed by atoms with van der Waals surface area (Å²) in [4.78, 5) is 28.3. The first kappa shape index (κ1) is 18.8. The van der Waals surface area contributed by atoms with Gasteiger partial charge in [-0.1, -0.05) is 6.07 Å². The predicted octanol–water partition coefficient (Wildman–Crippen LogP) is 2.41. The number of pyridine rings is 1. The molecule has 0 atom stereocenters. The summed E-state index contributed by atoms with van der Waals surface area (Å²) in [7, 11) is 0. The van der Waals surface area contributed by atoms with Crippen LogP contribution >= 0.6 is 0 Å². The summed E-state index contributed by atoms with van der Waals surface area (Å²) in [6.45, 7) is 3.60. The van der Waals surface area contributed by atoms with Crippen molar-refractivity contribution in [1.82, 2.24) is 15.8 Å². The molecule has 9 nitrogen and oxygen atoms in total. The number of amides is 2. The smallest absolute Gasteiger partial charge is 0.289 e. The molecule has 0 aromatic carbocycles. The van der Waals surface area contributed by atoms with Crippen LogP contribution in [0.3, 0.4) is 0 Å². The SMILES string of the molecule is Cc1ccc(/C=N/NC(=O)c2cccc(C(=O)N/N=C/c3ccc(C)o3)n2)o1. The lowest BCUT2D eigenvalue weighted by atomic mass is 10.3. The molecule has 0 spiro atoms. The van der Waals surface area contributed by atoms with Gasteiger partial charge in [0.15, 0.2) is 0 Å². The monoisotopic (exact) mass is 379 g/mol. The van der Waals surface area contributed by atoms with Gasteiger partial charge >= 0.3 is 0 Å². The molecule has 9 heteroatoms. The van der Waals surface area contributed by atoms with Gasteiger partial charge in [-0.3, -0.25) is 9.59 Å². The standard InChI is InChI=1S/C19H17N5O4/c1-12-6-8-14(27-12)10-20-23-18(25)16-4-3-5-17(22-16)19(26)24-21-11-15-9-7-13(2)28-15/h3-11H,1-2H3,(H,23,25)(H,24,26)/b20-10+,21-11+. The van der Waals surface area contributed by atoms with Crippen molar-refractivity contribution >= 4 is 24.2 Å². The fraction of sp³-hybridized carbons (Fsp3) is 0.105. The molecule has 2 N–H and O–H groups in total. The molecule has 3 rings (SSSR count). The first-order valence-electron chi connectivity index (χ1n) is 8.28. The highest BCUT2D eigenvalue weighted by Gasteiger charge is 2.11. The van der Waals surface area contributed by atoms with E-state index in [0.29, 0.717) is 11.5 Å². The Morgan fingerprint density at radius 3 is 1.68 bits per heavy atom. The van der Waals surface area contributed by atoms with Gasteiger partial charge in [-0.15, -0.1) is 0 Å². The number of hydrogen-bond donors (Lipinski definition) is 2. The number of aryl methyl sites for hydroxylation is 2. The molecule has 0 radical (unpaired) electrons. The summed E-state index contributed by atoms with van der Waals surface area (Å²) < 4.78 is 10.6. The number of hydrazone groups is 2. The maximum Gasteiger partial charge on any atom is 0.289 e. The first-order chi connectivity index (χ1) is 13.5. The second kappa shape index (κ2) is 8.58. The van der Waals surface area contributed by atoms with Crippen molar-refractivity contribution in [2.24, 2.45) is 10.2 Å². The number of aromatic nitrogens is 1. The molecular weight excluding hydrogens is 362 g/mol. The van der Waals surface area contributed by atoms with Crippen LogP contribution in [0.4, 0.5) is 0 Å². The molecule has 28 heavy (non-hydrogen) atoms. The molecular formula is C19H17N5O4. The number of nitrogens with zero attached hydrogens (tertiary/aromatic N) is 3. The summed E-state index contributed by atoms with van der Waals surface area (Å²) in [5.41, 5.74) is 4.72. The van der Waals surface area contributed by atoms with Crippen molar-refractivity contribution in [2.75, 3.05) is 0 Å². The maximum absolute atomic E-state index is 12.1. The Kier molecular flexibility index (Phi) is 5.75. The molecule has 2 amide bonds. The van der Waals surface area contributed by atoms with E-state index in [1.54, 1.807) is 38.1 Å². The van der Waals surface area contributed by atoms with Crippen LogP contribution in [-0.2, 0) is 0 Å². The lowest BCUT2D eigenvalue weighted by molar-refractivity contribution is 0.0946. The van der Waals surface area contributed by atoms with Gasteiger partial charge in [0, 0.05) is 0 Å². The normalized spacial score (nSPS) is 11.2. The van der Waals surface area contributed by atoms with Crippen molar-refractivity contribution in [1.29, 1.82) is 0 Å². The fourth-order valence-corrected chi connectivity index (χ4v) is 2.16. The van der Waals surface area contributed by atoms with Gasteiger partial charge in [-0.2, -0.15) is 10.2 Å². The second-order valence-corrected chi connectivity index (χ2v) is 5.70. The third-order valence-corrected chi connectivity index (χ3v) is 3.45. The average molecular weight is 379 g/mol. The molecule has 0 fully saturated rings. The molecule has 0 unspecified atom stereocenters. The Balaban J connectivity index is 1.59. The first-order valence-corrected chi connectivity index (χ1v) is 8.28. The highest BCUT2D eigenvalue weighted by atomic mass is 16.3. The molecule has 3 heterocycles. The van der Waals surface area contributed by atoms with Crippen LogP contribution in [0.1, 0.15) is 44.0 Å². The van der Waals surface area contributed by atoms with Gasteiger partial charge in [-0.25, -0.2) is 15.8 Å². The number of nitrogens with one attached hydrogen (secondary N) is 2. The topological polar surface area (TPSA) is 122 Å². The van der Waals surface area contributed by atoms with Crippen LogP contribution in [0.5, 0.6) is 0 Å². The van der Waals surface area contributed by atoms with Gasteiger partial charge in [0.05, 0.1) is 12.4 Å². The summed E-state index contributed by atoms with van der Waals surface area (Å²) in [5.74, 6) is 1.34. The summed E-state index contributed by atoms with van der Waals surface area (Å²) in [5, 5.41) is 7.60. The molecule has 0 aliphatic heterocycles. The van der Waals surface area contributed by atoms with E-state index in [2.05, 4.69) is 26.0 Å². The van der Waals surface area contributed by atoms with E-state index in [1.165, 1.54) is 30.6 Å². The van der Waals surface area contributed by atoms with Gasteiger partial charge in [0.2, 0.25) is 0 Å². The van der Waals surface area contributed by atoms with Crippen LogP contribution < -0.4 is 10.9 Å². The Labute approximate surface area is 160 Å². The molecule has 0 aliphatic rings. The molecule has 0 bridgehead atoms. The van der Waals surface area contributed by atoms with Crippen LogP contribution in [0.2, 0.25) is 0 Å². The van der Waals surface area contributed by atoms with Gasteiger partial charge in [0.25, 0.3) is 11.8 Å². The molecule has 3 aromatic heterocycles. The van der Waals surface area contributed by atoms with Crippen molar-refractivity contribution in [3.63, 3.8) is 0 Å². The third-order valence-electron chi connectivity index (χ3n) is 3.45. The zero-order valence-corrected chi connectivity index (χ0v) is 15.2. The third kappa shape index (κ3) is 5.01. The van der Waals surface area contributed by atoms with Crippen LogP contribution in [0.25, 0.3) is 0 Å². The molecule has 0 saturated carbocycles. The minimum absolute atomic E-state index is 0.0334. The van der Waals surface area contributed by atoms with E-state index < -0.39 is 11.8 Å². The van der Waals surface area contributed by atoms with Gasteiger partial charge in [-0.05, 0) is 50.2 Å². The predicted molar refractivity (Wildman–Crippen MR) is 101 cm³/mol. The second-order valence-electron chi connectivity index (χ2n) is 5.70. The van der Waals surface area contributed by atoms with E-state index in [-0.39, 0.29) is 11.4 Å². The molecule has 0 aliphatic carbocycles. The molecule has 142 valence electrons. The summed E-state index contributed by atoms with van der Waals surface area (Å²) >= 11 is 0. The average Bonchev–Trinajstić information content (AvgIpc) is 3.29. The summed E-state index contributed by atoms with van der Waals surface area (Å²) in [6, 6.07) is 11.5. The number of rotatable bonds is 6. The van der Waals surface area contributed by atoms with E-state index in [0.717, 1.165) is 11.5 Å². The van der Waals surface area contributed by atoms with E-state index in [9.17, 15) is 9.59 Å². The zero-order chi connectivity index (χ0) is 19.9. The molecule has 0 saturated heterocycles. The summed E-state index contributed by atoms with van der Waals surface area (Å²) in [6.07, 6.45) is 2.74. The lowest BCUT2D eigenvalue weighted by Crippen LogP contribution is -2.23. The van der Waals surface area contributed by atoms with Crippen molar-refractivity contribution in [3.05, 3.63) is 76.9 Å². The maximum atomic E-state index is 12.1. The lowest BCUT2D eigenvalue weighted by Gasteiger charge is -2.02. The largest absolute Gasteiger partial charge is 0.460 e. The molecule has 3 aromatic rings. The quantitative estimate of drug-likeness (QED) is 0.503. The zero-order valence-electron chi connectivity index (χ0n) is 15.2. The Morgan fingerprint density at radius 1 is 0.821 bits per heavy atom. The highest BCUT2D eigenvalue weighted by molar-refractivity contribution is 5.96. The number of furan rings is 2. The Morgan fingerprint density at radius 2 is 1.29 bits per heavy atom. The van der Waals surface area contributed by atoms with Gasteiger partial charge in [0.1, 0.15) is 34.4 Å². The highest BCUT2D eigenvalue weighted by Crippen LogP contribution is 2.04. The van der Waals surface area contributed by atoms with Gasteiger partial charge < -0.3 is 8.83 Å². The number of hydrogen-bond acceptors (Lipinski definition) is 7. The van der Waals surface area contributed by atoms with E-state index in [1.807, 2.05) is 0 Å². The van der Waals surface area contributed by atoms with Crippen molar-refractivity contribution in [3.8, 4) is 0 Å². The van der Waals surface area contributed by atoms with Crippen molar-refractivity contribution < 1.29 is 18.4 Å². The van der Waals surface area contributed by atoms with E-state index in [4.69, 9.17) is 8.83 Å². The Hall–Kier alpha value is -4.01. The number of carbonyl (C=O) groups excluding carboxylic acids is 2. The van der Waals surface area contributed by atoms with Crippen LogP contribution in [-0.4, -0.2) is 29.2 Å². The number of carbonyl (C=O) groups is 2. The van der Waals surface area contributed by atoms with Crippen LogP contribution in [0.15, 0.2) is 61.5 Å². The minimum Gasteiger partial charge on any atom is -0.460 e. The van der Waals surface area contributed by atoms with E-state index >= 15 is 0 Å². The minimum atomic E-state index is -0.566. The van der Waals surface area contributed by atoms with Crippen molar-refractivity contribution in [2.45, 2.75) is 13.8 Å². The van der Waals surface area contributed by atoms with Crippen LogP contribution in [0, 0.1) is 13.8 Å². The fourth-order valence-electron chi connectivity index (χ4n) is 2.16. The Bertz CT molecular complexity index is 969.